The number of carbonyl (C=O) groups excluding carboxylic acids is 1. The van der Waals surface area contributed by atoms with Crippen LogP contribution in [0.15, 0.2) is 77.7 Å². The highest BCUT2D eigenvalue weighted by Gasteiger charge is 2.18. The summed E-state index contributed by atoms with van der Waals surface area (Å²) in [6, 6.07) is 19.8. The number of para-hydroxylation sites is 1. The van der Waals surface area contributed by atoms with Crippen LogP contribution in [0.3, 0.4) is 0 Å². The fourth-order valence-corrected chi connectivity index (χ4v) is 3.84. The first-order chi connectivity index (χ1) is 16.0. The molecule has 0 atom stereocenters. The molecule has 0 N–H and O–H groups in total. The summed E-state index contributed by atoms with van der Waals surface area (Å²) in [6.45, 7) is 2.79. The van der Waals surface area contributed by atoms with Crippen LogP contribution in [-0.2, 0) is 6.54 Å². The number of pyridine rings is 1. The number of methoxy groups -OCH3 is 2. The predicted molar refractivity (Wildman–Crippen MR) is 128 cm³/mol. The minimum Gasteiger partial charge on any atom is -0.497 e. The highest BCUT2D eigenvalue weighted by molar-refractivity contribution is 6.10. The molecule has 0 saturated heterocycles. The molecule has 1 heterocycles. The van der Waals surface area contributed by atoms with Crippen LogP contribution in [0.25, 0.3) is 10.9 Å². The molecular weight excluding hydrogens is 418 g/mol. The molecule has 0 aliphatic heterocycles. The number of benzene rings is 3. The molecule has 0 saturated carbocycles. The van der Waals surface area contributed by atoms with Crippen molar-refractivity contribution in [2.75, 3.05) is 20.8 Å². The van der Waals surface area contributed by atoms with Crippen LogP contribution in [0.5, 0.6) is 17.2 Å². The lowest BCUT2D eigenvalue weighted by atomic mass is 10.0. The smallest absolute Gasteiger partial charge is 0.200 e. The van der Waals surface area contributed by atoms with Gasteiger partial charge in [0, 0.05) is 17.3 Å². The van der Waals surface area contributed by atoms with Crippen molar-refractivity contribution in [2.45, 2.75) is 13.5 Å². The summed E-state index contributed by atoms with van der Waals surface area (Å²) in [5.74, 6) is 1.61. The Morgan fingerprint density at radius 1 is 0.909 bits per heavy atom. The Morgan fingerprint density at radius 3 is 2.33 bits per heavy atom. The standard InChI is InChI=1S/C27H25NO5/c1-4-33-21-13-14-24-22(15-21)27(30)23(26(29)18-9-11-20(31-2)12-10-18)17-28(24)16-19-7-5-6-8-25(19)32-3/h5-15,17H,4,16H2,1-3H3. The zero-order chi connectivity index (χ0) is 23.4. The summed E-state index contributed by atoms with van der Waals surface area (Å²) in [4.78, 5) is 26.8. The molecule has 0 aliphatic rings. The number of fused-ring (bicyclic) bond motifs is 1. The summed E-state index contributed by atoms with van der Waals surface area (Å²) in [5, 5.41) is 0.426. The topological polar surface area (TPSA) is 66.8 Å². The van der Waals surface area contributed by atoms with Gasteiger partial charge in [0.15, 0.2) is 5.78 Å². The molecule has 0 amide bonds. The van der Waals surface area contributed by atoms with Gasteiger partial charge in [-0.25, -0.2) is 0 Å². The van der Waals surface area contributed by atoms with Crippen LogP contribution in [0.1, 0.15) is 28.4 Å². The van der Waals surface area contributed by atoms with E-state index in [1.54, 1.807) is 50.7 Å². The van der Waals surface area contributed by atoms with Crippen LogP contribution in [0.2, 0.25) is 0 Å². The number of hydrogen-bond donors (Lipinski definition) is 0. The van der Waals surface area contributed by atoms with Crippen LogP contribution in [-0.4, -0.2) is 31.2 Å². The molecular formula is C27H25NO5. The van der Waals surface area contributed by atoms with Crippen molar-refractivity contribution in [3.63, 3.8) is 0 Å². The quantitative estimate of drug-likeness (QED) is 0.370. The number of aromatic nitrogens is 1. The van der Waals surface area contributed by atoms with Crippen LogP contribution in [0, 0.1) is 0 Å². The molecule has 3 aromatic carbocycles. The first-order valence-electron chi connectivity index (χ1n) is 10.7. The number of carbonyl (C=O) groups is 1. The number of ether oxygens (including phenoxy) is 3. The zero-order valence-electron chi connectivity index (χ0n) is 18.8. The van der Waals surface area contributed by atoms with Gasteiger partial charge < -0.3 is 18.8 Å². The Balaban J connectivity index is 1.89. The zero-order valence-corrected chi connectivity index (χ0v) is 18.8. The first kappa shape index (κ1) is 22.1. The Labute approximate surface area is 192 Å². The fraction of sp³-hybridized carbons (Fsp3) is 0.185. The molecule has 0 bridgehead atoms. The van der Waals surface area contributed by atoms with E-state index in [9.17, 15) is 9.59 Å². The van der Waals surface area contributed by atoms with Crippen molar-refractivity contribution < 1.29 is 19.0 Å². The maximum atomic E-state index is 13.4. The maximum absolute atomic E-state index is 13.4. The average molecular weight is 443 g/mol. The van der Waals surface area contributed by atoms with Gasteiger partial charge in [-0.3, -0.25) is 9.59 Å². The monoisotopic (exact) mass is 443 g/mol. The molecule has 0 fully saturated rings. The van der Waals surface area contributed by atoms with E-state index in [4.69, 9.17) is 14.2 Å². The van der Waals surface area contributed by atoms with Crippen LogP contribution < -0.4 is 19.6 Å². The number of rotatable bonds is 8. The van der Waals surface area contributed by atoms with Crippen molar-refractivity contribution >= 4 is 16.7 Å². The second-order valence-corrected chi connectivity index (χ2v) is 7.48. The van der Waals surface area contributed by atoms with Gasteiger partial charge in [-0.1, -0.05) is 18.2 Å². The van der Waals surface area contributed by atoms with E-state index in [2.05, 4.69) is 0 Å². The number of ketones is 1. The molecule has 6 heteroatoms. The SMILES string of the molecule is CCOc1ccc2c(c1)c(=O)c(C(=O)c1ccc(OC)cc1)cn2Cc1ccccc1OC. The van der Waals surface area contributed by atoms with Gasteiger partial charge in [0.25, 0.3) is 0 Å². The van der Waals surface area contributed by atoms with Gasteiger partial charge in [-0.15, -0.1) is 0 Å². The first-order valence-corrected chi connectivity index (χ1v) is 10.7. The number of hydrogen-bond acceptors (Lipinski definition) is 5. The largest absolute Gasteiger partial charge is 0.497 e. The Hall–Kier alpha value is -4.06. The molecule has 1 aromatic heterocycles. The van der Waals surface area contributed by atoms with E-state index in [1.165, 1.54) is 0 Å². The van der Waals surface area contributed by atoms with Crippen molar-refractivity contribution in [3.8, 4) is 17.2 Å². The minimum absolute atomic E-state index is 0.0937. The third kappa shape index (κ3) is 4.46. The average Bonchev–Trinajstić information content (AvgIpc) is 2.86. The molecule has 0 unspecified atom stereocenters. The third-order valence-electron chi connectivity index (χ3n) is 5.49. The summed E-state index contributed by atoms with van der Waals surface area (Å²) >= 11 is 0. The van der Waals surface area contributed by atoms with Crippen LogP contribution in [0.4, 0.5) is 0 Å². The predicted octanol–water partition coefficient (Wildman–Crippen LogP) is 4.70. The lowest BCUT2D eigenvalue weighted by molar-refractivity contribution is 0.103. The fourth-order valence-electron chi connectivity index (χ4n) is 3.84. The van der Waals surface area contributed by atoms with Gasteiger partial charge in [-0.2, -0.15) is 0 Å². The Kier molecular flexibility index (Phi) is 6.45. The highest BCUT2D eigenvalue weighted by Crippen LogP contribution is 2.24. The molecule has 33 heavy (non-hydrogen) atoms. The van der Waals surface area contributed by atoms with E-state index in [0.29, 0.717) is 41.1 Å². The van der Waals surface area contributed by atoms with E-state index >= 15 is 0 Å². The van der Waals surface area contributed by atoms with E-state index < -0.39 is 0 Å². The highest BCUT2D eigenvalue weighted by atomic mass is 16.5. The second-order valence-electron chi connectivity index (χ2n) is 7.48. The van der Waals surface area contributed by atoms with Gasteiger partial charge in [0.1, 0.15) is 17.2 Å². The van der Waals surface area contributed by atoms with Crippen molar-refractivity contribution in [2.24, 2.45) is 0 Å². The minimum atomic E-state index is -0.347. The number of nitrogens with zero attached hydrogens (tertiary/aromatic N) is 1. The normalized spacial score (nSPS) is 10.8. The van der Waals surface area contributed by atoms with Gasteiger partial charge in [0.05, 0.1) is 43.8 Å². The maximum Gasteiger partial charge on any atom is 0.200 e. The molecule has 6 nitrogen and oxygen atoms in total. The Morgan fingerprint density at radius 2 is 1.64 bits per heavy atom. The Bertz CT molecular complexity index is 1360. The van der Waals surface area contributed by atoms with Crippen molar-refractivity contribution in [3.05, 3.63) is 99.8 Å². The van der Waals surface area contributed by atoms with Crippen LogP contribution >= 0.6 is 0 Å². The molecule has 0 radical (unpaired) electrons. The van der Waals surface area contributed by atoms with Crippen molar-refractivity contribution in [1.82, 2.24) is 4.57 Å². The summed E-state index contributed by atoms with van der Waals surface area (Å²) in [6.07, 6.45) is 1.63. The van der Waals surface area contributed by atoms with E-state index in [-0.39, 0.29) is 16.8 Å². The van der Waals surface area contributed by atoms with Crippen molar-refractivity contribution in [1.29, 1.82) is 0 Å². The lowest BCUT2D eigenvalue weighted by Gasteiger charge is -2.16. The summed E-state index contributed by atoms with van der Waals surface area (Å²) < 4.78 is 18.2. The van der Waals surface area contributed by atoms with Gasteiger partial charge >= 0.3 is 0 Å². The van der Waals surface area contributed by atoms with Gasteiger partial charge in [-0.05, 0) is 55.5 Å². The summed E-state index contributed by atoms with van der Waals surface area (Å²) in [5.41, 5.74) is 1.82. The van der Waals surface area contributed by atoms with Gasteiger partial charge in [0.2, 0.25) is 5.43 Å². The lowest BCUT2D eigenvalue weighted by Crippen LogP contribution is -2.20. The van der Waals surface area contributed by atoms with E-state index in [0.717, 1.165) is 11.3 Å². The summed E-state index contributed by atoms with van der Waals surface area (Å²) in [7, 11) is 3.18. The third-order valence-corrected chi connectivity index (χ3v) is 5.49. The van der Waals surface area contributed by atoms with E-state index in [1.807, 2.05) is 47.9 Å². The molecule has 4 rings (SSSR count). The molecule has 4 aromatic rings. The molecule has 0 aliphatic carbocycles. The molecule has 168 valence electrons. The molecule has 0 spiro atoms. The second kappa shape index (κ2) is 9.61.